The van der Waals surface area contributed by atoms with Gasteiger partial charge in [-0.25, -0.2) is 8.78 Å². The monoisotopic (exact) mass is 277 g/mol. The molecule has 0 spiro atoms. The number of hydrogen-bond acceptors (Lipinski definition) is 6. The van der Waals surface area contributed by atoms with Crippen molar-refractivity contribution in [3.63, 3.8) is 0 Å². The highest BCUT2D eigenvalue weighted by atomic mass is 19.3. The first-order chi connectivity index (χ1) is 8.99. The Morgan fingerprint density at radius 3 is 2.74 bits per heavy atom. The molecule has 9 heteroatoms. The van der Waals surface area contributed by atoms with Crippen LogP contribution in [0.3, 0.4) is 0 Å². The van der Waals surface area contributed by atoms with Crippen molar-refractivity contribution in [3.05, 3.63) is 22.2 Å². The number of alkyl halides is 2. The highest BCUT2D eigenvalue weighted by Gasteiger charge is 2.24. The maximum atomic E-state index is 12.5. The van der Waals surface area contributed by atoms with E-state index in [0.29, 0.717) is 0 Å². The fourth-order valence-corrected chi connectivity index (χ4v) is 1.48. The van der Waals surface area contributed by atoms with Crippen LogP contribution in [-0.2, 0) is 0 Å². The number of rotatable bonds is 7. The molecule has 19 heavy (non-hydrogen) atoms. The third-order valence-electron chi connectivity index (χ3n) is 2.26. The number of nitro groups is 1. The Morgan fingerprint density at radius 1 is 1.58 bits per heavy atom. The largest absolute Gasteiger partial charge is 0.481 e. The van der Waals surface area contributed by atoms with E-state index >= 15 is 0 Å². The first-order valence-corrected chi connectivity index (χ1v) is 5.33. The van der Waals surface area contributed by atoms with Crippen LogP contribution in [0.2, 0.25) is 0 Å². The lowest BCUT2D eigenvalue weighted by Gasteiger charge is -2.22. The van der Waals surface area contributed by atoms with Gasteiger partial charge in [0.15, 0.2) is 0 Å². The second kappa shape index (κ2) is 6.78. The molecule has 106 valence electrons. The quantitative estimate of drug-likeness (QED) is 0.592. The van der Waals surface area contributed by atoms with E-state index in [1.54, 1.807) is 0 Å². The third kappa shape index (κ3) is 3.98. The van der Waals surface area contributed by atoms with Crippen LogP contribution in [0.25, 0.3) is 0 Å². The average Bonchev–Trinajstić information content (AvgIpc) is 2.36. The van der Waals surface area contributed by atoms with Crippen molar-refractivity contribution in [1.82, 2.24) is 4.98 Å². The number of pyridine rings is 1. The van der Waals surface area contributed by atoms with Gasteiger partial charge in [-0.1, -0.05) is 0 Å². The van der Waals surface area contributed by atoms with Crippen LogP contribution in [0, 0.1) is 10.1 Å². The van der Waals surface area contributed by atoms with Gasteiger partial charge >= 0.3 is 5.69 Å². The van der Waals surface area contributed by atoms with Crippen molar-refractivity contribution in [3.8, 4) is 5.88 Å². The second-order valence-corrected chi connectivity index (χ2v) is 3.51. The van der Waals surface area contributed by atoms with Gasteiger partial charge in [-0.05, 0) is 0 Å². The minimum atomic E-state index is -2.71. The van der Waals surface area contributed by atoms with Crippen molar-refractivity contribution < 1.29 is 23.5 Å². The van der Waals surface area contributed by atoms with E-state index in [4.69, 9.17) is 9.84 Å². The molecule has 0 bridgehead atoms. The molecule has 1 heterocycles. The predicted molar refractivity (Wildman–Crippen MR) is 62.7 cm³/mol. The van der Waals surface area contributed by atoms with Crippen LogP contribution in [-0.4, -0.2) is 48.2 Å². The number of aliphatic hydroxyl groups excluding tert-OH is 1. The number of nitrogens with zero attached hydrogens (tertiary/aromatic N) is 3. The number of aliphatic hydroxyl groups is 1. The molecule has 0 unspecified atom stereocenters. The highest BCUT2D eigenvalue weighted by Crippen LogP contribution is 2.28. The average molecular weight is 277 g/mol. The Hall–Kier alpha value is -2.03. The minimum Gasteiger partial charge on any atom is -0.481 e. The van der Waals surface area contributed by atoms with Crippen molar-refractivity contribution in [2.75, 3.05) is 31.7 Å². The maximum Gasteiger partial charge on any atom is 0.311 e. The SMILES string of the molecule is COc1ccc([N+](=O)[O-])c(N(CCO)CC(F)F)n1. The van der Waals surface area contributed by atoms with Gasteiger partial charge in [-0.3, -0.25) is 10.1 Å². The lowest BCUT2D eigenvalue weighted by molar-refractivity contribution is -0.384. The lowest BCUT2D eigenvalue weighted by Crippen LogP contribution is -2.32. The van der Waals surface area contributed by atoms with Crippen LogP contribution in [0.1, 0.15) is 0 Å². The van der Waals surface area contributed by atoms with Gasteiger partial charge in [-0.2, -0.15) is 4.98 Å². The standard InChI is InChI=1S/C10H13F2N3O4/c1-19-9-3-2-7(15(17)18)10(13-9)14(4-5-16)6-8(11)12/h2-3,8,16H,4-6H2,1H3. The van der Waals surface area contributed by atoms with Crippen LogP contribution >= 0.6 is 0 Å². The zero-order chi connectivity index (χ0) is 14.4. The zero-order valence-corrected chi connectivity index (χ0v) is 10.1. The molecule has 0 aliphatic carbocycles. The smallest absolute Gasteiger partial charge is 0.311 e. The van der Waals surface area contributed by atoms with Gasteiger partial charge < -0.3 is 14.7 Å². The number of anilines is 1. The maximum absolute atomic E-state index is 12.5. The number of ether oxygens (including phenoxy) is 1. The van der Waals surface area contributed by atoms with Crippen LogP contribution < -0.4 is 9.64 Å². The molecule has 0 aliphatic rings. The molecule has 0 radical (unpaired) electrons. The van der Waals surface area contributed by atoms with E-state index in [-0.39, 0.29) is 18.2 Å². The number of aromatic nitrogens is 1. The first-order valence-electron chi connectivity index (χ1n) is 5.33. The van der Waals surface area contributed by atoms with Crippen LogP contribution in [0.15, 0.2) is 12.1 Å². The Kier molecular flexibility index (Phi) is 5.37. The topological polar surface area (TPSA) is 88.7 Å². The summed E-state index contributed by atoms with van der Waals surface area (Å²) in [5.41, 5.74) is -0.421. The van der Waals surface area contributed by atoms with E-state index in [1.807, 2.05) is 0 Å². The van der Waals surface area contributed by atoms with E-state index in [2.05, 4.69) is 4.98 Å². The molecule has 0 aliphatic heterocycles. The summed E-state index contributed by atoms with van der Waals surface area (Å²) in [4.78, 5) is 14.9. The number of halogens is 2. The molecule has 7 nitrogen and oxygen atoms in total. The summed E-state index contributed by atoms with van der Waals surface area (Å²) in [6.07, 6.45) is -2.71. The van der Waals surface area contributed by atoms with E-state index in [0.717, 1.165) is 11.0 Å². The van der Waals surface area contributed by atoms with Gasteiger partial charge in [-0.15, -0.1) is 0 Å². The van der Waals surface area contributed by atoms with Gasteiger partial charge in [0.05, 0.1) is 25.2 Å². The molecule has 0 atom stereocenters. The molecule has 1 rings (SSSR count). The molecular formula is C10H13F2N3O4. The summed E-state index contributed by atoms with van der Waals surface area (Å²) < 4.78 is 29.7. The highest BCUT2D eigenvalue weighted by molar-refractivity contribution is 5.59. The third-order valence-corrected chi connectivity index (χ3v) is 2.26. The van der Waals surface area contributed by atoms with Crippen molar-refractivity contribution in [1.29, 1.82) is 0 Å². The van der Waals surface area contributed by atoms with Crippen LogP contribution in [0.5, 0.6) is 5.88 Å². The molecular weight excluding hydrogens is 264 g/mol. The number of hydrogen-bond donors (Lipinski definition) is 1. The van der Waals surface area contributed by atoms with E-state index in [1.165, 1.54) is 13.2 Å². The van der Waals surface area contributed by atoms with Crippen molar-refractivity contribution in [2.45, 2.75) is 6.43 Å². The molecule has 0 saturated carbocycles. The fraction of sp³-hybridized carbons (Fsp3) is 0.500. The van der Waals surface area contributed by atoms with E-state index < -0.39 is 30.2 Å². The van der Waals surface area contributed by atoms with Gasteiger partial charge in [0, 0.05) is 18.7 Å². The molecule has 0 saturated heterocycles. The minimum absolute atomic E-state index is 0.0674. The summed E-state index contributed by atoms with van der Waals surface area (Å²) in [5.74, 6) is -0.184. The summed E-state index contributed by atoms with van der Waals surface area (Å²) in [5, 5.41) is 19.7. The molecule has 1 aromatic rings. The predicted octanol–water partition coefficient (Wildman–Crippen LogP) is 1.06. The molecule has 0 amide bonds. The summed E-state index contributed by atoms with van der Waals surface area (Å²) in [6.45, 7) is -1.38. The Morgan fingerprint density at radius 2 is 2.26 bits per heavy atom. The van der Waals surface area contributed by atoms with Gasteiger partial charge in [0.1, 0.15) is 0 Å². The normalized spacial score (nSPS) is 10.6. The zero-order valence-electron chi connectivity index (χ0n) is 10.1. The van der Waals surface area contributed by atoms with Crippen LogP contribution in [0.4, 0.5) is 20.3 Å². The molecule has 1 aromatic heterocycles. The molecule has 1 N–H and O–H groups in total. The summed E-state index contributed by atoms with van der Waals surface area (Å²) >= 11 is 0. The molecule has 0 fully saturated rings. The number of methoxy groups -OCH3 is 1. The summed E-state index contributed by atoms with van der Waals surface area (Å²) in [7, 11) is 1.31. The van der Waals surface area contributed by atoms with Gasteiger partial charge in [0.25, 0.3) is 6.43 Å². The Balaban J connectivity index is 3.20. The fourth-order valence-electron chi connectivity index (χ4n) is 1.48. The Bertz CT molecular complexity index is 445. The lowest BCUT2D eigenvalue weighted by atomic mass is 10.3. The second-order valence-electron chi connectivity index (χ2n) is 3.51. The molecule has 0 aromatic carbocycles. The van der Waals surface area contributed by atoms with Crippen molar-refractivity contribution >= 4 is 11.5 Å². The van der Waals surface area contributed by atoms with Crippen molar-refractivity contribution in [2.24, 2.45) is 0 Å². The Labute approximate surface area is 107 Å². The first kappa shape index (κ1) is 15.0. The summed E-state index contributed by atoms with van der Waals surface area (Å²) in [6, 6.07) is 2.39. The van der Waals surface area contributed by atoms with Gasteiger partial charge in [0.2, 0.25) is 11.7 Å². The van der Waals surface area contributed by atoms with E-state index in [9.17, 15) is 18.9 Å².